The summed E-state index contributed by atoms with van der Waals surface area (Å²) < 4.78 is 4.76. The van der Waals surface area contributed by atoms with Crippen molar-refractivity contribution in [3.05, 3.63) is 29.0 Å². The lowest BCUT2D eigenvalue weighted by Gasteiger charge is -2.02. The fourth-order valence-corrected chi connectivity index (χ4v) is 0.924. The van der Waals surface area contributed by atoms with Crippen LogP contribution < -0.4 is 5.32 Å². The monoisotopic (exact) mass is 200 g/mol. The second-order valence-electron chi connectivity index (χ2n) is 2.28. The lowest BCUT2D eigenvalue weighted by Crippen LogP contribution is -2.19. The number of aromatic nitrogens is 1. The number of amides is 1. The predicted octanol–water partition coefficient (Wildman–Crippen LogP) is 1.59. The van der Waals surface area contributed by atoms with Crippen molar-refractivity contribution in [1.82, 2.24) is 10.3 Å². The SMILES string of the molecule is CNC(=O)OCc1cccc(Cl)n1. The first-order valence-electron chi connectivity index (χ1n) is 3.68. The van der Waals surface area contributed by atoms with Crippen molar-refractivity contribution in [1.29, 1.82) is 0 Å². The fourth-order valence-electron chi connectivity index (χ4n) is 0.742. The molecule has 0 atom stereocenters. The number of carbonyl (C=O) groups excluding carboxylic acids is 1. The highest BCUT2D eigenvalue weighted by atomic mass is 35.5. The van der Waals surface area contributed by atoms with Gasteiger partial charge in [0, 0.05) is 7.05 Å². The Labute approximate surface area is 80.9 Å². The van der Waals surface area contributed by atoms with E-state index >= 15 is 0 Å². The zero-order valence-electron chi connectivity index (χ0n) is 7.08. The van der Waals surface area contributed by atoms with E-state index in [0.29, 0.717) is 10.8 Å². The van der Waals surface area contributed by atoms with E-state index in [1.54, 1.807) is 18.2 Å². The molecule has 0 aliphatic carbocycles. The van der Waals surface area contributed by atoms with Gasteiger partial charge >= 0.3 is 6.09 Å². The van der Waals surface area contributed by atoms with Gasteiger partial charge in [0.1, 0.15) is 11.8 Å². The molecule has 0 fully saturated rings. The number of rotatable bonds is 2. The second-order valence-corrected chi connectivity index (χ2v) is 2.67. The van der Waals surface area contributed by atoms with Crippen molar-refractivity contribution in [3.63, 3.8) is 0 Å². The maximum absolute atomic E-state index is 10.7. The Kier molecular flexibility index (Phi) is 3.52. The molecule has 0 aliphatic heterocycles. The summed E-state index contributed by atoms with van der Waals surface area (Å²) >= 11 is 5.63. The molecule has 0 bridgehead atoms. The average Bonchev–Trinajstić information content (AvgIpc) is 2.14. The summed E-state index contributed by atoms with van der Waals surface area (Å²) in [6, 6.07) is 5.14. The lowest BCUT2D eigenvalue weighted by atomic mass is 10.4. The van der Waals surface area contributed by atoms with Gasteiger partial charge < -0.3 is 10.1 Å². The smallest absolute Gasteiger partial charge is 0.407 e. The third kappa shape index (κ3) is 3.29. The molecule has 0 unspecified atom stereocenters. The Balaban J connectivity index is 2.50. The molecule has 1 rings (SSSR count). The van der Waals surface area contributed by atoms with Crippen LogP contribution in [-0.2, 0) is 11.3 Å². The van der Waals surface area contributed by atoms with Crippen LogP contribution in [0, 0.1) is 0 Å². The van der Waals surface area contributed by atoms with Crippen LogP contribution in [0.25, 0.3) is 0 Å². The lowest BCUT2D eigenvalue weighted by molar-refractivity contribution is 0.140. The summed E-state index contributed by atoms with van der Waals surface area (Å²) in [7, 11) is 1.49. The molecule has 0 saturated heterocycles. The molecular weight excluding hydrogens is 192 g/mol. The minimum atomic E-state index is -0.484. The summed E-state index contributed by atoms with van der Waals surface area (Å²) in [4.78, 5) is 14.6. The van der Waals surface area contributed by atoms with E-state index < -0.39 is 6.09 Å². The zero-order valence-corrected chi connectivity index (χ0v) is 7.84. The quantitative estimate of drug-likeness (QED) is 0.738. The summed E-state index contributed by atoms with van der Waals surface area (Å²) in [6.07, 6.45) is -0.484. The van der Waals surface area contributed by atoms with Gasteiger partial charge in [-0.05, 0) is 12.1 Å². The number of ether oxygens (including phenoxy) is 1. The van der Waals surface area contributed by atoms with Crippen molar-refractivity contribution in [2.24, 2.45) is 0 Å². The van der Waals surface area contributed by atoms with Gasteiger partial charge in [-0.1, -0.05) is 17.7 Å². The van der Waals surface area contributed by atoms with Crippen molar-refractivity contribution < 1.29 is 9.53 Å². The number of halogens is 1. The van der Waals surface area contributed by atoms with Gasteiger partial charge in [0.25, 0.3) is 0 Å². The van der Waals surface area contributed by atoms with Gasteiger partial charge in [0.2, 0.25) is 0 Å². The molecule has 4 nitrogen and oxygen atoms in total. The van der Waals surface area contributed by atoms with E-state index in [2.05, 4.69) is 10.3 Å². The van der Waals surface area contributed by atoms with Crippen molar-refractivity contribution in [3.8, 4) is 0 Å². The fraction of sp³-hybridized carbons (Fsp3) is 0.250. The van der Waals surface area contributed by atoms with Gasteiger partial charge in [0.15, 0.2) is 0 Å². The Hall–Kier alpha value is -1.29. The molecule has 1 heterocycles. The first-order chi connectivity index (χ1) is 6.22. The Bertz CT molecular complexity index is 304. The van der Waals surface area contributed by atoms with Crippen LogP contribution in [0.2, 0.25) is 5.15 Å². The van der Waals surface area contributed by atoms with Gasteiger partial charge in [-0.3, -0.25) is 0 Å². The van der Waals surface area contributed by atoms with E-state index in [4.69, 9.17) is 16.3 Å². The second kappa shape index (κ2) is 4.67. The molecule has 0 aliphatic rings. The van der Waals surface area contributed by atoms with Gasteiger partial charge in [-0.2, -0.15) is 0 Å². The van der Waals surface area contributed by atoms with Gasteiger partial charge in [-0.25, -0.2) is 9.78 Å². The maximum Gasteiger partial charge on any atom is 0.407 e. The van der Waals surface area contributed by atoms with Crippen molar-refractivity contribution in [2.45, 2.75) is 6.61 Å². The Morgan fingerprint density at radius 1 is 1.69 bits per heavy atom. The predicted molar refractivity (Wildman–Crippen MR) is 48.5 cm³/mol. The molecule has 1 amide bonds. The Morgan fingerprint density at radius 3 is 3.08 bits per heavy atom. The molecule has 0 aromatic carbocycles. The van der Waals surface area contributed by atoms with Gasteiger partial charge in [0.05, 0.1) is 5.69 Å². The molecule has 1 aromatic rings. The third-order valence-electron chi connectivity index (χ3n) is 1.33. The van der Waals surface area contributed by atoms with Crippen LogP contribution in [0.5, 0.6) is 0 Å². The van der Waals surface area contributed by atoms with E-state index in [9.17, 15) is 4.79 Å². The summed E-state index contributed by atoms with van der Waals surface area (Å²) in [5, 5.41) is 2.71. The summed E-state index contributed by atoms with van der Waals surface area (Å²) in [6.45, 7) is 0.125. The number of alkyl carbamates (subject to hydrolysis) is 1. The number of hydrogen-bond donors (Lipinski definition) is 1. The van der Waals surface area contributed by atoms with Crippen LogP contribution in [-0.4, -0.2) is 18.1 Å². The largest absolute Gasteiger partial charge is 0.443 e. The topological polar surface area (TPSA) is 51.2 Å². The molecule has 1 N–H and O–H groups in total. The van der Waals surface area contributed by atoms with Crippen molar-refractivity contribution >= 4 is 17.7 Å². The minimum Gasteiger partial charge on any atom is -0.443 e. The number of nitrogens with one attached hydrogen (secondary N) is 1. The standard InChI is InChI=1S/C8H9ClN2O2/c1-10-8(12)13-5-6-3-2-4-7(9)11-6/h2-4H,5H2,1H3,(H,10,12). The van der Waals surface area contributed by atoms with Crippen LogP contribution in [0.15, 0.2) is 18.2 Å². The molecule has 0 spiro atoms. The minimum absolute atomic E-state index is 0.125. The highest BCUT2D eigenvalue weighted by Crippen LogP contribution is 2.05. The molecule has 1 aromatic heterocycles. The first kappa shape index (κ1) is 9.80. The molecule has 0 radical (unpaired) electrons. The zero-order chi connectivity index (χ0) is 9.68. The highest BCUT2D eigenvalue weighted by molar-refractivity contribution is 6.29. The highest BCUT2D eigenvalue weighted by Gasteiger charge is 2.00. The molecule has 5 heteroatoms. The molecular formula is C8H9ClN2O2. The van der Waals surface area contributed by atoms with Crippen LogP contribution >= 0.6 is 11.6 Å². The van der Waals surface area contributed by atoms with Gasteiger partial charge in [-0.15, -0.1) is 0 Å². The maximum atomic E-state index is 10.7. The van der Waals surface area contributed by atoms with E-state index in [-0.39, 0.29) is 6.61 Å². The van der Waals surface area contributed by atoms with E-state index in [1.165, 1.54) is 7.05 Å². The number of nitrogens with zero attached hydrogens (tertiary/aromatic N) is 1. The summed E-state index contributed by atoms with van der Waals surface area (Å²) in [5.74, 6) is 0. The van der Waals surface area contributed by atoms with E-state index in [0.717, 1.165) is 0 Å². The Morgan fingerprint density at radius 2 is 2.46 bits per heavy atom. The molecule has 70 valence electrons. The third-order valence-corrected chi connectivity index (χ3v) is 1.54. The number of pyridine rings is 1. The van der Waals surface area contributed by atoms with Crippen LogP contribution in [0.3, 0.4) is 0 Å². The average molecular weight is 201 g/mol. The first-order valence-corrected chi connectivity index (χ1v) is 4.06. The normalized spacial score (nSPS) is 9.38. The van der Waals surface area contributed by atoms with Crippen LogP contribution in [0.1, 0.15) is 5.69 Å². The van der Waals surface area contributed by atoms with Crippen molar-refractivity contribution in [2.75, 3.05) is 7.05 Å². The van der Waals surface area contributed by atoms with E-state index in [1.807, 2.05) is 0 Å². The number of hydrogen-bond acceptors (Lipinski definition) is 3. The summed E-state index contributed by atoms with van der Waals surface area (Å²) in [5.41, 5.74) is 0.621. The number of carbonyl (C=O) groups is 1. The molecule has 13 heavy (non-hydrogen) atoms. The molecule has 0 saturated carbocycles. The van der Waals surface area contributed by atoms with Crippen LogP contribution in [0.4, 0.5) is 4.79 Å².